The second-order valence-corrected chi connectivity index (χ2v) is 7.19. The highest BCUT2D eigenvalue weighted by Crippen LogP contribution is 2.47. The third-order valence-electron chi connectivity index (χ3n) is 5.39. The highest BCUT2D eigenvalue weighted by Gasteiger charge is 2.48. The van der Waals surface area contributed by atoms with E-state index in [9.17, 15) is 4.79 Å². The van der Waals surface area contributed by atoms with Crippen molar-refractivity contribution in [2.24, 2.45) is 0 Å². The summed E-state index contributed by atoms with van der Waals surface area (Å²) in [5, 5.41) is 1.06. The Labute approximate surface area is 163 Å². The molecular formula is C23H20N2O3. The quantitative estimate of drug-likeness (QED) is 0.638. The van der Waals surface area contributed by atoms with Crippen molar-refractivity contribution in [3.8, 4) is 0 Å². The van der Waals surface area contributed by atoms with Crippen LogP contribution in [0.1, 0.15) is 28.6 Å². The van der Waals surface area contributed by atoms with Gasteiger partial charge in [-0.1, -0.05) is 48.0 Å². The first-order chi connectivity index (χ1) is 13.7. The number of pyridine rings is 1. The number of fused-ring (bicyclic) bond motifs is 4. The monoisotopic (exact) mass is 372 g/mol. The Kier molecular flexibility index (Phi) is 3.91. The number of rotatable bonds is 2. The van der Waals surface area contributed by atoms with E-state index >= 15 is 0 Å². The van der Waals surface area contributed by atoms with Crippen LogP contribution in [0, 0.1) is 6.92 Å². The molecule has 0 saturated carbocycles. The van der Waals surface area contributed by atoms with Crippen LogP contribution in [0.5, 0.6) is 0 Å². The van der Waals surface area contributed by atoms with E-state index in [0.29, 0.717) is 6.61 Å². The van der Waals surface area contributed by atoms with E-state index in [0.717, 1.165) is 33.4 Å². The van der Waals surface area contributed by atoms with Crippen LogP contribution in [0.3, 0.4) is 0 Å². The Morgan fingerprint density at radius 1 is 1.21 bits per heavy atom. The second-order valence-electron chi connectivity index (χ2n) is 7.19. The number of methoxy groups -OCH3 is 1. The van der Waals surface area contributed by atoms with Crippen LogP contribution >= 0.6 is 0 Å². The minimum Gasteiger partial charge on any atom is -0.467 e. The third kappa shape index (κ3) is 2.59. The van der Waals surface area contributed by atoms with Crippen LogP contribution in [-0.2, 0) is 14.3 Å². The Morgan fingerprint density at radius 3 is 2.79 bits per heavy atom. The molecule has 0 spiro atoms. The summed E-state index contributed by atoms with van der Waals surface area (Å²) in [6, 6.07) is 17.9. The van der Waals surface area contributed by atoms with E-state index in [1.807, 2.05) is 29.2 Å². The molecule has 0 bridgehead atoms. The van der Waals surface area contributed by atoms with Gasteiger partial charge in [0.1, 0.15) is 0 Å². The molecule has 140 valence electrons. The van der Waals surface area contributed by atoms with E-state index in [1.165, 1.54) is 12.7 Å². The summed E-state index contributed by atoms with van der Waals surface area (Å²) in [4.78, 5) is 19.3. The minimum atomic E-state index is -0.482. The number of esters is 1. The molecule has 2 atom stereocenters. The molecular weight excluding hydrogens is 352 g/mol. The first-order valence-electron chi connectivity index (χ1n) is 9.32. The lowest BCUT2D eigenvalue weighted by Gasteiger charge is -2.23. The largest absolute Gasteiger partial charge is 0.467 e. The lowest BCUT2D eigenvalue weighted by atomic mass is 10.1. The van der Waals surface area contributed by atoms with E-state index in [-0.39, 0.29) is 12.2 Å². The summed E-state index contributed by atoms with van der Waals surface area (Å²) in [6.45, 7) is 2.36. The Hall–Kier alpha value is -3.18. The van der Waals surface area contributed by atoms with Crippen molar-refractivity contribution < 1.29 is 14.3 Å². The number of hydrogen-bond donors (Lipinski definition) is 0. The van der Waals surface area contributed by atoms with Gasteiger partial charge in [-0.2, -0.15) is 0 Å². The number of hydrogen-bond acceptors (Lipinski definition) is 5. The maximum Gasteiger partial charge on any atom is 0.331 e. The zero-order chi connectivity index (χ0) is 19.3. The summed E-state index contributed by atoms with van der Waals surface area (Å²) < 4.78 is 11.0. The fourth-order valence-corrected chi connectivity index (χ4v) is 3.97. The number of para-hydroxylation sites is 1. The molecule has 2 aromatic carbocycles. The summed E-state index contributed by atoms with van der Waals surface area (Å²) >= 11 is 0. The van der Waals surface area contributed by atoms with Crippen LogP contribution in [-0.4, -0.2) is 35.6 Å². The molecule has 5 heteroatoms. The third-order valence-corrected chi connectivity index (χ3v) is 5.39. The van der Waals surface area contributed by atoms with Gasteiger partial charge in [0.25, 0.3) is 0 Å². The van der Waals surface area contributed by atoms with E-state index < -0.39 is 6.04 Å². The standard InChI is InChI=1S/C23H20N2O3/c1-14-7-9-15(10-8-14)11-19-21-17(12-16-5-3-4-6-18(16)24-21)22-25(19)20(13-28-22)23(26)27-2/h3-12,20,22H,13H2,1-2H3/b19-11+/t20-,22-/m0/s1. The van der Waals surface area contributed by atoms with Crippen LogP contribution in [0.15, 0.2) is 54.6 Å². The second kappa shape index (κ2) is 6.46. The zero-order valence-electron chi connectivity index (χ0n) is 15.8. The summed E-state index contributed by atoms with van der Waals surface area (Å²) in [5.41, 5.74) is 5.92. The Morgan fingerprint density at radius 2 is 2.00 bits per heavy atom. The SMILES string of the molecule is COC(=O)[C@@H]1CO[C@H]2c3cc4ccccc4nc3/C(=C\c3ccc(C)cc3)N12. The number of aryl methyl sites for hydroxylation is 1. The van der Waals surface area contributed by atoms with Gasteiger partial charge in [-0.25, -0.2) is 9.78 Å². The molecule has 1 fully saturated rings. The molecule has 3 aromatic rings. The normalized spacial score (nSPS) is 21.8. The molecule has 1 saturated heterocycles. The van der Waals surface area contributed by atoms with Gasteiger partial charge in [0.15, 0.2) is 12.3 Å². The first-order valence-corrected chi connectivity index (χ1v) is 9.32. The van der Waals surface area contributed by atoms with Gasteiger partial charge >= 0.3 is 5.97 Å². The van der Waals surface area contributed by atoms with Crippen LogP contribution < -0.4 is 0 Å². The molecule has 0 radical (unpaired) electrons. The van der Waals surface area contributed by atoms with Crippen molar-refractivity contribution in [2.45, 2.75) is 19.2 Å². The van der Waals surface area contributed by atoms with Gasteiger partial charge in [0.05, 0.1) is 30.6 Å². The van der Waals surface area contributed by atoms with Crippen molar-refractivity contribution >= 4 is 28.6 Å². The molecule has 2 aliphatic rings. The van der Waals surface area contributed by atoms with Gasteiger partial charge in [-0.15, -0.1) is 0 Å². The lowest BCUT2D eigenvalue weighted by Crippen LogP contribution is -2.36. The molecule has 0 amide bonds. The number of aromatic nitrogens is 1. The molecule has 0 unspecified atom stereocenters. The number of carbonyl (C=O) groups is 1. The molecule has 0 N–H and O–H groups in total. The maximum absolute atomic E-state index is 12.4. The zero-order valence-corrected chi connectivity index (χ0v) is 15.8. The molecule has 5 nitrogen and oxygen atoms in total. The summed E-state index contributed by atoms with van der Waals surface area (Å²) in [5.74, 6) is -0.297. The maximum atomic E-state index is 12.4. The predicted octanol–water partition coefficient (Wildman–Crippen LogP) is 3.93. The average Bonchev–Trinajstić information content (AvgIpc) is 3.27. The van der Waals surface area contributed by atoms with Crippen LogP contribution in [0.4, 0.5) is 0 Å². The number of carbonyl (C=O) groups excluding carboxylic acids is 1. The number of ether oxygens (including phenoxy) is 2. The van der Waals surface area contributed by atoms with Gasteiger partial charge in [-0.05, 0) is 30.7 Å². The van der Waals surface area contributed by atoms with E-state index in [2.05, 4.69) is 43.3 Å². The van der Waals surface area contributed by atoms with E-state index in [4.69, 9.17) is 14.5 Å². The molecule has 28 heavy (non-hydrogen) atoms. The number of benzene rings is 2. The van der Waals surface area contributed by atoms with Crippen LogP contribution in [0.2, 0.25) is 0 Å². The first kappa shape index (κ1) is 17.0. The summed E-state index contributed by atoms with van der Waals surface area (Å²) in [7, 11) is 1.41. The molecule has 0 aliphatic carbocycles. The van der Waals surface area contributed by atoms with Crippen molar-refractivity contribution in [3.05, 3.63) is 77.0 Å². The van der Waals surface area contributed by atoms with Gasteiger partial charge in [0, 0.05) is 10.9 Å². The van der Waals surface area contributed by atoms with E-state index in [1.54, 1.807) is 0 Å². The average molecular weight is 372 g/mol. The fourth-order valence-electron chi connectivity index (χ4n) is 3.97. The highest BCUT2D eigenvalue weighted by atomic mass is 16.5. The Balaban J connectivity index is 1.70. The fraction of sp³-hybridized carbons (Fsp3) is 0.217. The Bertz CT molecular complexity index is 1100. The lowest BCUT2D eigenvalue weighted by molar-refractivity contribution is -0.144. The number of nitrogens with zero attached hydrogens (tertiary/aromatic N) is 2. The molecule has 1 aromatic heterocycles. The minimum absolute atomic E-state index is 0.297. The van der Waals surface area contributed by atoms with Gasteiger partial charge < -0.3 is 14.4 Å². The smallest absolute Gasteiger partial charge is 0.331 e. The van der Waals surface area contributed by atoms with Crippen LogP contribution in [0.25, 0.3) is 22.7 Å². The molecule has 3 heterocycles. The molecule has 2 aliphatic heterocycles. The summed E-state index contributed by atoms with van der Waals surface area (Å²) in [6.07, 6.45) is 1.75. The van der Waals surface area contributed by atoms with Crippen molar-refractivity contribution in [1.82, 2.24) is 9.88 Å². The van der Waals surface area contributed by atoms with Crippen molar-refractivity contribution in [1.29, 1.82) is 0 Å². The van der Waals surface area contributed by atoms with Crippen molar-refractivity contribution in [3.63, 3.8) is 0 Å². The topological polar surface area (TPSA) is 51.7 Å². The van der Waals surface area contributed by atoms with Gasteiger partial charge in [0.2, 0.25) is 0 Å². The van der Waals surface area contributed by atoms with Gasteiger partial charge in [-0.3, -0.25) is 0 Å². The molecule has 5 rings (SSSR count). The van der Waals surface area contributed by atoms with Crippen molar-refractivity contribution in [2.75, 3.05) is 13.7 Å². The predicted molar refractivity (Wildman–Crippen MR) is 107 cm³/mol. The highest BCUT2D eigenvalue weighted by molar-refractivity contribution is 5.91.